The van der Waals surface area contributed by atoms with Gasteiger partial charge in [0.2, 0.25) is 0 Å². The highest BCUT2D eigenvalue weighted by molar-refractivity contribution is 7.85. The van der Waals surface area contributed by atoms with Crippen molar-refractivity contribution >= 4 is 16.1 Å². The summed E-state index contributed by atoms with van der Waals surface area (Å²) in [6.45, 7) is 5.62. The number of rotatable bonds is 7. The van der Waals surface area contributed by atoms with Crippen molar-refractivity contribution in [1.82, 2.24) is 4.90 Å². The van der Waals surface area contributed by atoms with Crippen LogP contribution >= 0.6 is 0 Å². The normalized spacial score (nSPS) is 17.9. The van der Waals surface area contributed by atoms with Crippen LogP contribution in [0.3, 0.4) is 0 Å². The summed E-state index contributed by atoms with van der Waals surface area (Å²) in [6, 6.07) is 9.84. The van der Waals surface area contributed by atoms with Gasteiger partial charge in [-0.25, -0.2) is 9.98 Å². The van der Waals surface area contributed by atoms with Crippen molar-refractivity contribution in [2.45, 2.75) is 43.9 Å². The van der Waals surface area contributed by atoms with Crippen LogP contribution in [0.15, 0.2) is 34.3 Å². The van der Waals surface area contributed by atoms with Crippen LogP contribution in [0.2, 0.25) is 0 Å². The summed E-state index contributed by atoms with van der Waals surface area (Å²) in [6.07, 6.45) is 6.48. The lowest BCUT2D eigenvalue weighted by molar-refractivity contribution is 0.0395. The Morgan fingerprint density at radius 3 is 2.43 bits per heavy atom. The molecule has 30 heavy (non-hydrogen) atoms. The number of nitrogens with zero attached hydrogens (tertiary/aromatic N) is 3. The third-order valence-corrected chi connectivity index (χ3v) is 5.72. The summed E-state index contributed by atoms with van der Waals surface area (Å²) in [5.41, 5.74) is 0.531. The first-order chi connectivity index (χ1) is 14.5. The van der Waals surface area contributed by atoms with E-state index in [1.807, 2.05) is 0 Å². The van der Waals surface area contributed by atoms with E-state index in [0.717, 1.165) is 39.4 Å². The van der Waals surface area contributed by atoms with Gasteiger partial charge in [0.1, 0.15) is 11.5 Å². The fourth-order valence-corrected chi connectivity index (χ4v) is 3.94. The van der Waals surface area contributed by atoms with E-state index in [1.54, 1.807) is 24.3 Å². The summed E-state index contributed by atoms with van der Waals surface area (Å²) in [5, 5.41) is 0. The lowest BCUT2D eigenvalue weighted by Crippen LogP contribution is -2.37. The molecule has 2 aliphatic rings. The molecule has 1 heterocycles. The van der Waals surface area contributed by atoms with Gasteiger partial charge in [-0.05, 0) is 30.5 Å². The molecule has 0 unspecified atom stereocenters. The third-order valence-electron chi connectivity index (χ3n) is 5.03. The van der Waals surface area contributed by atoms with Gasteiger partial charge >= 0.3 is 0 Å². The average molecular weight is 440 g/mol. The molecule has 1 saturated carbocycles. The molecule has 1 saturated heterocycles. The number of aliphatic imine (C=N–C) groups is 2. The van der Waals surface area contributed by atoms with Crippen LogP contribution in [0.1, 0.15) is 37.7 Å². The Morgan fingerprint density at radius 2 is 1.83 bits per heavy atom. The summed E-state index contributed by atoms with van der Waals surface area (Å²) >= 11 is 0. The molecule has 1 N–H and O–H groups in total. The molecule has 8 nitrogen and oxygen atoms in total. The van der Waals surface area contributed by atoms with Crippen LogP contribution in [-0.2, 0) is 20.6 Å². The van der Waals surface area contributed by atoms with Gasteiger partial charge in [-0.3, -0.25) is 9.45 Å². The molecule has 0 aromatic heterocycles. The van der Waals surface area contributed by atoms with Crippen molar-refractivity contribution in [2.24, 2.45) is 9.98 Å². The summed E-state index contributed by atoms with van der Waals surface area (Å²) in [7, 11) is -2.41. The zero-order chi connectivity index (χ0) is 21.7. The molecule has 0 radical (unpaired) electrons. The molecule has 1 aromatic carbocycles. The van der Waals surface area contributed by atoms with E-state index in [0.29, 0.717) is 17.4 Å². The fraction of sp³-hybridized carbons (Fsp3) is 0.667. The van der Waals surface area contributed by atoms with E-state index in [2.05, 4.69) is 20.9 Å². The van der Waals surface area contributed by atoms with Crippen LogP contribution in [-0.4, -0.2) is 76.4 Å². The van der Waals surface area contributed by atoms with Crippen LogP contribution in [0.5, 0.6) is 5.75 Å². The minimum absolute atomic E-state index is 0.364. The van der Waals surface area contributed by atoms with Crippen LogP contribution in [0, 0.1) is 0 Å². The van der Waals surface area contributed by atoms with E-state index in [9.17, 15) is 8.42 Å². The average Bonchev–Trinajstić information content (AvgIpc) is 2.75. The maximum atomic E-state index is 10.5. The number of methoxy groups -OCH3 is 1. The zero-order valence-corrected chi connectivity index (χ0v) is 18.5. The first-order valence-corrected chi connectivity index (χ1v) is 12.1. The van der Waals surface area contributed by atoms with Gasteiger partial charge in [0.25, 0.3) is 10.1 Å². The van der Waals surface area contributed by atoms with Gasteiger partial charge in [0.05, 0.1) is 38.9 Å². The van der Waals surface area contributed by atoms with Crippen molar-refractivity contribution in [1.29, 1.82) is 0 Å². The van der Waals surface area contributed by atoms with E-state index < -0.39 is 10.1 Å². The molecule has 0 bridgehead atoms. The van der Waals surface area contributed by atoms with Gasteiger partial charge < -0.3 is 9.47 Å². The molecular weight excluding hydrogens is 406 g/mol. The minimum atomic E-state index is -3.94. The minimum Gasteiger partial charge on any atom is -0.497 e. The standard InChI is InChI=1S/C13H23N3O.C8H10O4S/c1-2-4-13(5-3-1)15-12-14-6-7-16-8-10-17-11-9-16;1-12-8-4-2-7(3-5-8)6-13(9,10)11/h13H,1-11H2;2-5H,6H2,1H3,(H,9,10,11). The van der Waals surface area contributed by atoms with E-state index >= 15 is 0 Å². The second kappa shape index (κ2) is 13.5. The Balaban J connectivity index is 0.000000222. The van der Waals surface area contributed by atoms with Crippen molar-refractivity contribution in [3.63, 3.8) is 0 Å². The van der Waals surface area contributed by atoms with Gasteiger partial charge in [-0.2, -0.15) is 8.42 Å². The maximum Gasteiger partial charge on any atom is 0.269 e. The lowest BCUT2D eigenvalue weighted by atomic mass is 9.96. The molecule has 3 rings (SSSR count). The van der Waals surface area contributed by atoms with Gasteiger partial charge in [0.15, 0.2) is 0 Å². The molecule has 168 valence electrons. The highest BCUT2D eigenvalue weighted by Gasteiger charge is 2.11. The molecule has 1 aliphatic heterocycles. The highest BCUT2D eigenvalue weighted by atomic mass is 32.2. The van der Waals surface area contributed by atoms with Gasteiger partial charge in [-0.1, -0.05) is 31.4 Å². The highest BCUT2D eigenvalue weighted by Crippen LogP contribution is 2.19. The third kappa shape index (κ3) is 10.8. The monoisotopic (exact) mass is 439 g/mol. The molecule has 1 aromatic rings. The fourth-order valence-electron chi connectivity index (χ4n) is 3.33. The molecule has 1 aliphatic carbocycles. The zero-order valence-electron chi connectivity index (χ0n) is 17.7. The quantitative estimate of drug-likeness (QED) is 0.518. The number of morpholine rings is 1. The summed E-state index contributed by atoms with van der Waals surface area (Å²) in [5.74, 6) is 0.288. The van der Waals surface area contributed by atoms with E-state index in [1.165, 1.54) is 39.2 Å². The molecule has 0 atom stereocenters. The van der Waals surface area contributed by atoms with Crippen molar-refractivity contribution < 1.29 is 22.4 Å². The predicted molar refractivity (Wildman–Crippen MR) is 117 cm³/mol. The van der Waals surface area contributed by atoms with Gasteiger partial charge in [0, 0.05) is 19.6 Å². The van der Waals surface area contributed by atoms with E-state index in [-0.39, 0.29) is 5.75 Å². The Kier molecular flexibility index (Phi) is 11.0. The molecular formula is C21H33N3O5S. The van der Waals surface area contributed by atoms with Crippen molar-refractivity contribution in [3.05, 3.63) is 29.8 Å². The summed E-state index contributed by atoms with van der Waals surface area (Å²) < 4.78 is 39.7. The van der Waals surface area contributed by atoms with Crippen LogP contribution < -0.4 is 4.74 Å². The maximum absolute atomic E-state index is 10.5. The van der Waals surface area contributed by atoms with Crippen LogP contribution in [0.4, 0.5) is 0 Å². The predicted octanol–water partition coefficient (Wildman–Crippen LogP) is 2.91. The number of ether oxygens (including phenoxy) is 2. The largest absolute Gasteiger partial charge is 0.497 e. The van der Waals surface area contributed by atoms with Gasteiger partial charge in [-0.15, -0.1) is 0 Å². The van der Waals surface area contributed by atoms with E-state index in [4.69, 9.17) is 14.0 Å². The molecule has 0 spiro atoms. The smallest absolute Gasteiger partial charge is 0.269 e. The van der Waals surface area contributed by atoms with Crippen LogP contribution in [0.25, 0.3) is 0 Å². The number of benzene rings is 1. The Bertz CT molecular complexity index is 764. The number of hydrogen-bond donors (Lipinski definition) is 1. The Hall–Kier alpha value is -1.77. The Labute approximate surface area is 179 Å². The Morgan fingerprint density at radius 1 is 1.17 bits per heavy atom. The van der Waals surface area contributed by atoms with Crippen molar-refractivity contribution in [3.8, 4) is 5.75 Å². The first-order valence-electron chi connectivity index (χ1n) is 10.5. The molecule has 2 fully saturated rings. The number of hydrogen-bond acceptors (Lipinski definition) is 7. The molecule has 9 heteroatoms. The van der Waals surface area contributed by atoms with Crippen molar-refractivity contribution in [2.75, 3.05) is 46.5 Å². The lowest BCUT2D eigenvalue weighted by Gasteiger charge is -2.25. The first kappa shape index (κ1) is 24.5. The summed E-state index contributed by atoms with van der Waals surface area (Å²) in [4.78, 5) is 11.1. The SMILES string of the molecule is C(=NCCN1CCOCC1)=NC1CCCCC1.COc1ccc(CS(=O)(=O)O)cc1. The topological polar surface area (TPSA) is 101 Å². The molecule has 0 amide bonds. The second-order valence-electron chi connectivity index (χ2n) is 7.43. The second-order valence-corrected chi connectivity index (χ2v) is 8.88.